The van der Waals surface area contributed by atoms with Crippen LogP contribution in [0.5, 0.6) is 11.5 Å². The molecule has 2 aliphatic rings. The highest BCUT2D eigenvalue weighted by Crippen LogP contribution is 2.34. The molecule has 2 aromatic carbocycles. The minimum Gasteiger partial charge on any atom is -0.454 e. The summed E-state index contributed by atoms with van der Waals surface area (Å²) >= 11 is 0. The van der Waals surface area contributed by atoms with Gasteiger partial charge in [0.05, 0.1) is 6.42 Å². The molecule has 2 aliphatic heterocycles. The Kier molecular flexibility index (Phi) is 3.80. The van der Waals surface area contributed by atoms with Gasteiger partial charge in [-0.05, 0) is 35.7 Å². The number of fused-ring (bicyclic) bond motifs is 2. The van der Waals surface area contributed by atoms with Crippen molar-refractivity contribution < 1.29 is 19.1 Å². The molecule has 0 aliphatic carbocycles. The van der Waals surface area contributed by atoms with Crippen LogP contribution < -0.4 is 19.7 Å². The van der Waals surface area contributed by atoms with Gasteiger partial charge in [-0.2, -0.15) is 0 Å². The normalized spacial score (nSPS) is 15.1. The van der Waals surface area contributed by atoms with Crippen molar-refractivity contribution in [2.45, 2.75) is 19.3 Å². The Bertz CT molecular complexity index is 862. The van der Waals surface area contributed by atoms with Crippen molar-refractivity contribution in [2.24, 2.45) is 0 Å². The van der Waals surface area contributed by atoms with E-state index in [1.54, 1.807) is 30.1 Å². The lowest BCUT2D eigenvalue weighted by Gasteiger charge is -2.26. The highest BCUT2D eigenvalue weighted by Gasteiger charge is 2.21. The smallest absolute Gasteiger partial charge is 0.231 e. The predicted octanol–water partition coefficient (Wildman–Crippen LogP) is 2.51. The van der Waals surface area contributed by atoms with Crippen molar-refractivity contribution in [2.75, 3.05) is 24.1 Å². The van der Waals surface area contributed by atoms with E-state index in [4.69, 9.17) is 9.47 Å². The molecule has 0 unspecified atom stereocenters. The molecule has 0 bridgehead atoms. The number of amides is 2. The topological polar surface area (TPSA) is 67.9 Å². The van der Waals surface area contributed by atoms with Gasteiger partial charge in [-0.25, -0.2) is 0 Å². The Morgan fingerprint density at radius 1 is 1.12 bits per heavy atom. The third kappa shape index (κ3) is 3.03. The quantitative estimate of drug-likeness (QED) is 0.934. The lowest BCUT2D eigenvalue weighted by atomic mass is 9.98. The van der Waals surface area contributed by atoms with Crippen molar-refractivity contribution in [3.05, 3.63) is 47.5 Å². The number of ether oxygens (including phenoxy) is 2. The molecule has 1 N–H and O–H groups in total. The van der Waals surface area contributed by atoms with E-state index >= 15 is 0 Å². The van der Waals surface area contributed by atoms with E-state index < -0.39 is 0 Å². The minimum absolute atomic E-state index is 0.0981. The second-order valence-electron chi connectivity index (χ2n) is 6.21. The third-order valence-corrected chi connectivity index (χ3v) is 4.51. The Hall–Kier alpha value is -3.02. The first-order valence-electron chi connectivity index (χ1n) is 8.18. The van der Waals surface area contributed by atoms with Crippen LogP contribution in [0.4, 0.5) is 11.4 Å². The Labute approximate surface area is 145 Å². The van der Waals surface area contributed by atoms with E-state index in [1.165, 1.54) is 0 Å². The monoisotopic (exact) mass is 338 g/mol. The summed E-state index contributed by atoms with van der Waals surface area (Å²) < 4.78 is 10.6. The van der Waals surface area contributed by atoms with Gasteiger partial charge in [0, 0.05) is 30.9 Å². The van der Waals surface area contributed by atoms with E-state index in [1.807, 2.05) is 18.2 Å². The molecule has 2 heterocycles. The van der Waals surface area contributed by atoms with Crippen LogP contribution in [0, 0.1) is 0 Å². The SMILES string of the molecule is CN1C(=O)CCc2cc(CC(=O)Nc3ccc4c(c3)OCO4)ccc21. The third-order valence-electron chi connectivity index (χ3n) is 4.51. The molecule has 0 aromatic heterocycles. The zero-order valence-corrected chi connectivity index (χ0v) is 13.9. The van der Waals surface area contributed by atoms with Crippen LogP contribution in [0.3, 0.4) is 0 Å². The van der Waals surface area contributed by atoms with E-state index in [0.717, 1.165) is 23.2 Å². The summed E-state index contributed by atoms with van der Waals surface area (Å²) in [4.78, 5) is 25.7. The van der Waals surface area contributed by atoms with E-state index in [-0.39, 0.29) is 25.0 Å². The molecule has 0 radical (unpaired) electrons. The molecule has 0 fully saturated rings. The first-order chi connectivity index (χ1) is 12.1. The van der Waals surface area contributed by atoms with Crippen molar-refractivity contribution in [1.82, 2.24) is 0 Å². The van der Waals surface area contributed by atoms with Crippen molar-refractivity contribution in [3.63, 3.8) is 0 Å². The zero-order chi connectivity index (χ0) is 17.4. The van der Waals surface area contributed by atoms with Crippen LogP contribution >= 0.6 is 0 Å². The molecular weight excluding hydrogens is 320 g/mol. The fourth-order valence-corrected chi connectivity index (χ4v) is 3.18. The van der Waals surface area contributed by atoms with E-state index in [9.17, 15) is 9.59 Å². The molecule has 2 aromatic rings. The van der Waals surface area contributed by atoms with Crippen molar-refractivity contribution in [1.29, 1.82) is 0 Å². The number of hydrogen-bond donors (Lipinski definition) is 1. The summed E-state index contributed by atoms with van der Waals surface area (Å²) in [5.41, 5.74) is 3.64. The van der Waals surface area contributed by atoms with Gasteiger partial charge in [-0.1, -0.05) is 12.1 Å². The van der Waals surface area contributed by atoms with Gasteiger partial charge >= 0.3 is 0 Å². The second kappa shape index (κ2) is 6.12. The number of carbonyl (C=O) groups excluding carboxylic acids is 2. The van der Waals surface area contributed by atoms with Gasteiger partial charge < -0.3 is 19.7 Å². The van der Waals surface area contributed by atoms with Crippen molar-refractivity contribution in [3.8, 4) is 11.5 Å². The summed E-state index contributed by atoms with van der Waals surface area (Å²) in [6, 6.07) is 11.1. The van der Waals surface area contributed by atoms with Gasteiger partial charge in [0.2, 0.25) is 18.6 Å². The van der Waals surface area contributed by atoms with Crippen LogP contribution in [0.1, 0.15) is 17.5 Å². The van der Waals surface area contributed by atoms with Crippen LogP contribution in [-0.2, 0) is 22.4 Å². The summed E-state index contributed by atoms with van der Waals surface area (Å²) in [5.74, 6) is 1.35. The van der Waals surface area contributed by atoms with Gasteiger partial charge in [-0.3, -0.25) is 9.59 Å². The summed E-state index contributed by atoms with van der Waals surface area (Å²) in [6.07, 6.45) is 1.51. The number of hydrogen-bond acceptors (Lipinski definition) is 4. The Morgan fingerprint density at radius 2 is 1.96 bits per heavy atom. The second-order valence-corrected chi connectivity index (χ2v) is 6.21. The average molecular weight is 338 g/mol. The minimum atomic E-state index is -0.0981. The molecule has 128 valence electrons. The van der Waals surface area contributed by atoms with Crippen LogP contribution in [-0.4, -0.2) is 25.7 Å². The number of rotatable bonds is 3. The first-order valence-corrected chi connectivity index (χ1v) is 8.18. The van der Waals surface area contributed by atoms with Crippen LogP contribution in [0.2, 0.25) is 0 Å². The molecule has 4 rings (SSSR count). The number of benzene rings is 2. The zero-order valence-electron chi connectivity index (χ0n) is 13.9. The molecule has 2 amide bonds. The van der Waals surface area contributed by atoms with Crippen LogP contribution in [0.25, 0.3) is 0 Å². The standard InChI is InChI=1S/C19H18N2O4/c1-21-15-5-2-12(8-13(15)3-7-19(21)23)9-18(22)20-14-4-6-16-17(10-14)25-11-24-16/h2,4-6,8,10H,3,7,9,11H2,1H3,(H,20,22). The highest BCUT2D eigenvalue weighted by atomic mass is 16.7. The largest absolute Gasteiger partial charge is 0.454 e. The highest BCUT2D eigenvalue weighted by molar-refractivity contribution is 5.96. The summed E-state index contributed by atoms with van der Waals surface area (Å²) in [6.45, 7) is 0.207. The number of anilines is 2. The number of nitrogens with one attached hydrogen (secondary N) is 1. The van der Waals surface area contributed by atoms with Gasteiger partial charge in [0.25, 0.3) is 0 Å². The molecule has 0 saturated carbocycles. The van der Waals surface area contributed by atoms with Crippen molar-refractivity contribution >= 4 is 23.2 Å². The van der Waals surface area contributed by atoms with Gasteiger partial charge in [0.15, 0.2) is 11.5 Å². The first kappa shape index (κ1) is 15.5. The molecular formula is C19H18N2O4. The fraction of sp³-hybridized carbons (Fsp3) is 0.263. The average Bonchev–Trinajstić information content (AvgIpc) is 3.06. The molecule has 0 spiro atoms. The fourth-order valence-electron chi connectivity index (χ4n) is 3.18. The maximum absolute atomic E-state index is 12.3. The van der Waals surface area contributed by atoms with Gasteiger partial charge in [-0.15, -0.1) is 0 Å². The lowest BCUT2D eigenvalue weighted by molar-refractivity contribution is -0.118. The number of nitrogens with zero attached hydrogens (tertiary/aromatic N) is 1. The maximum Gasteiger partial charge on any atom is 0.231 e. The number of aryl methyl sites for hydroxylation is 1. The molecule has 6 nitrogen and oxygen atoms in total. The van der Waals surface area contributed by atoms with E-state index in [2.05, 4.69) is 5.32 Å². The molecule has 0 saturated heterocycles. The Balaban J connectivity index is 1.45. The molecule has 25 heavy (non-hydrogen) atoms. The Morgan fingerprint density at radius 3 is 2.84 bits per heavy atom. The van der Waals surface area contributed by atoms with E-state index in [0.29, 0.717) is 23.6 Å². The molecule has 0 atom stereocenters. The molecule has 6 heteroatoms. The van der Waals surface area contributed by atoms with Crippen LogP contribution in [0.15, 0.2) is 36.4 Å². The van der Waals surface area contributed by atoms with Gasteiger partial charge in [0.1, 0.15) is 0 Å². The number of carbonyl (C=O) groups is 2. The lowest BCUT2D eigenvalue weighted by Crippen LogP contribution is -2.31. The summed E-state index contributed by atoms with van der Waals surface area (Å²) in [5, 5.41) is 2.88. The maximum atomic E-state index is 12.3. The predicted molar refractivity (Wildman–Crippen MR) is 93.1 cm³/mol. The summed E-state index contributed by atoms with van der Waals surface area (Å²) in [7, 11) is 1.78.